The van der Waals surface area contributed by atoms with Crippen molar-refractivity contribution < 1.29 is 0 Å². The first kappa shape index (κ1) is 10.0. The van der Waals surface area contributed by atoms with Gasteiger partial charge in [0.15, 0.2) is 0 Å². The zero-order valence-corrected chi connectivity index (χ0v) is 8.72. The highest BCUT2D eigenvalue weighted by atomic mass is 15.0. The lowest BCUT2D eigenvalue weighted by molar-refractivity contribution is 0.815. The Hall–Kier alpha value is -1.05. The zero-order chi connectivity index (χ0) is 9.68. The van der Waals surface area contributed by atoms with E-state index in [-0.39, 0.29) is 0 Å². The number of anilines is 1. The summed E-state index contributed by atoms with van der Waals surface area (Å²) >= 11 is 0. The molecule has 1 aromatic rings. The maximum atomic E-state index is 4.40. The molecule has 0 aliphatic carbocycles. The molecule has 0 amide bonds. The minimum absolute atomic E-state index is 1.07. The fourth-order valence-corrected chi connectivity index (χ4v) is 1.43. The van der Waals surface area contributed by atoms with Crippen LogP contribution in [0.1, 0.15) is 31.5 Å². The van der Waals surface area contributed by atoms with Gasteiger partial charge in [-0.2, -0.15) is 0 Å². The van der Waals surface area contributed by atoms with Gasteiger partial charge in [0, 0.05) is 12.2 Å². The smallest absolute Gasteiger partial charge is 0.129 e. The van der Waals surface area contributed by atoms with Crippen molar-refractivity contribution in [1.29, 1.82) is 0 Å². The van der Waals surface area contributed by atoms with Crippen LogP contribution in [0.4, 0.5) is 5.82 Å². The Morgan fingerprint density at radius 1 is 1.31 bits per heavy atom. The fraction of sp³-hybridized carbons (Fsp3) is 0.545. The molecule has 1 aliphatic heterocycles. The predicted molar refractivity (Wildman–Crippen MR) is 57.1 cm³/mol. The number of rotatable bonds is 0. The molecule has 0 aromatic carbocycles. The molecule has 0 unspecified atom stereocenters. The Bertz CT molecular complexity index is 269. The molecule has 2 nitrogen and oxygen atoms in total. The van der Waals surface area contributed by atoms with Gasteiger partial charge in [0.05, 0.1) is 0 Å². The van der Waals surface area contributed by atoms with Crippen molar-refractivity contribution in [2.24, 2.45) is 0 Å². The van der Waals surface area contributed by atoms with Gasteiger partial charge < -0.3 is 5.32 Å². The molecule has 13 heavy (non-hydrogen) atoms. The van der Waals surface area contributed by atoms with Crippen LogP contribution in [0.2, 0.25) is 0 Å². The fourth-order valence-electron chi connectivity index (χ4n) is 1.43. The Morgan fingerprint density at radius 3 is 2.85 bits per heavy atom. The highest BCUT2D eigenvalue weighted by Gasteiger charge is 2.08. The molecule has 0 radical (unpaired) electrons. The summed E-state index contributed by atoms with van der Waals surface area (Å²) in [5.74, 6) is 1.09. The lowest BCUT2D eigenvalue weighted by atomic mass is 10.1. The number of aromatic nitrogens is 1. The molecule has 1 N–H and O–H groups in total. The number of aryl methyl sites for hydroxylation is 2. The second-order valence-electron chi connectivity index (χ2n) is 2.99. The van der Waals surface area contributed by atoms with Crippen LogP contribution in [0, 0.1) is 6.92 Å². The monoisotopic (exact) mass is 178 g/mol. The van der Waals surface area contributed by atoms with Crippen LogP contribution in [0.25, 0.3) is 0 Å². The summed E-state index contributed by atoms with van der Waals surface area (Å²) in [6, 6.07) is 4.25. The summed E-state index contributed by atoms with van der Waals surface area (Å²) < 4.78 is 0. The lowest BCUT2D eigenvalue weighted by Crippen LogP contribution is -2.13. The number of pyridine rings is 1. The number of hydrogen-bond donors (Lipinski definition) is 1. The van der Waals surface area contributed by atoms with E-state index in [0.29, 0.717) is 0 Å². The van der Waals surface area contributed by atoms with Gasteiger partial charge in [0.2, 0.25) is 0 Å². The van der Waals surface area contributed by atoms with Crippen LogP contribution >= 0.6 is 0 Å². The molecular weight excluding hydrogens is 160 g/mol. The Labute approximate surface area is 80.4 Å². The molecule has 0 saturated carbocycles. The second kappa shape index (κ2) is 4.85. The quantitative estimate of drug-likeness (QED) is 0.660. The van der Waals surface area contributed by atoms with Gasteiger partial charge in [0.25, 0.3) is 0 Å². The molecule has 1 aliphatic rings. The van der Waals surface area contributed by atoms with Crippen molar-refractivity contribution in [2.45, 2.75) is 33.6 Å². The van der Waals surface area contributed by atoms with Crippen LogP contribution in [0.3, 0.4) is 0 Å². The van der Waals surface area contributed by atoms with Crippen molar-refractivity contribution in [2.75, 3.05) is 11.9 Å². The van der Waals surface area contributed by atoms with E-state index in [4.69, 9.17) is 0 Å². The Balaban J connectivity index is 0.000000396. The molecule has 0 bridgehead atoms. The van der Waals surface area contributed by atoms with Gasteiger partial charge in [-0.25, -0.2) is 4.98 Å². The number of nitrogens with zero attached hydrogens (tertiary/aromatic N) is 1. The molecule has 2 rings (SSSR count). The lowest BCUT2D eigenvalue weighted by Gasteiger charge is -2.16. The van der Waals surface area contributed by atoms with Crippen molar-refractivity contribution in [3.05, 3.63) is 23.4 Å². The average Bonchev–Trinajstić information content (AvgIpc) is 2.21. The third-order valence-corrected chi connectivity index (χ3v) is 2.03. The van der Waals surface area contributed by atoms with Gasteiger partial charge >= 0.3 is 0 Å². The number of hydrogen-bond acceptors (Lipinski definition) is 2. The molecule has 1 aromatic heterocycles. The van der Waals surface area contributed by atoms with E-state index in [1.54, 1.807) is 0 Å². The zero-order valence-electron chi connectivity index (χ0n) is 8.72. The van der Waals surface area contributed by atoms with Gasteiger partial charge in [-0.05, 0) is 31.4 Å². The Kier molecular flexibility index (Phi) is 3.74. The van der Waals surface area contributed by atoms with Crippen molar-refractivity contribution in [1.82, 2.24) is 4.98 Å². The van der Waals surface area contributed by atoms with E-state index in [1.165, 1.54) is 18.4 Å². The molecular formula is C11H18N2. The number of nitrogens with one attached hydrogen (secondary N) is 1. The van der Waals surface area contributed by atoms with Crippen LogP contribution in [0.15, 0.2) is 12.1 Å². The van der Waals surface area contributed by atoms with E-state index in [0.717, 1.165) is 18.1 Å². The second-order valence-corrected chi connectivity index (χ2v) is 2.99. The van der Waals surface area contributed by atoms with Gasteiger partial charge in [-0.15, -0.1) is 0 Å². The van der Waals surface area contributed by atoms with Crippen molar-refractivity contribution in [3.63, 3.8) is 0 Å². The molecule has 0 fully saturated rings. The largest absolute Gasteiger partial charge is 0.370 e. The standard InChI is InChI=1S/C9H12N2.C2H6/c1-7-4-5-8-3-2-6-10-9(8)11-7;1-2/h4-5H,2-3,6H2,1H3,(H,10,11);1-2H3. The molecule has 2 heteroatoms. The summed E-state index contributed by atoms with van der Waals surface area (Å²) in [6.45, 7) is 7.10. The minimum Gasteiger partial charge on any atom is -0.370 e. The van der Waals surface area contributed by atoms with E-state index in [1.807, 2.05) is 20.8 Å². The Morgan fingerprint density at radius 2 is 2.08 bits per heavy atom. The van der Waals surface area contributed by atoms with E-state index in [2.05, 4.69) is 22.4 Å². The first-order valence-corrected chi connectivity index (χ1v) is 5.07. The minimum atomic E-state index is 1.07. The molecule has 0 atom stereocenters. The predicted octanol–water partition coefficient (Wildman–Crippen LogP) is 2.77. The molecule has 2 heterocycles. The maximum Gasteiger partial charge on any atom is 0.129 e. The first-order valence-electron chi connectivity index (χ1n) is 5.07. The topological polar surface area (TPSA) is 24.9 Å². The van der Waals surface area contributed by atoms with Gasteiger partial charge in [-0.3, -0.25) is 0 Å². The molecule has 0 saturated heterocycles. The van der Waals surface area contributed by atoms with E-state index >= 15 is 0 Å². The van der Waals surface area contributed by atoms with Crippen molar-refractivity contribution in [3.8, 4) is 0 Å². The van der Waals surface area contributed by atoms with E-state index in [9.17, 15) is 0 Å². The molecule has 0 spiro atoms. The first-order chi connectivity index (χ1) is 6.36. The number of fused-ring (bicyclic) bond motifs is 1. The summed E-state index contributed by atoms with van der Waals surface area (Å²) in [4.78, 5) is 4.40. The van der Waals surface area contributed by atoms with Gasteiger partial charge in [-0.1, -0.05) is 19.9 Å². The summed E-state index contributed by atoms with van der Waals surface area (Å²) in [5, 5.41) is 3.29. The summed E-state index contributed by atoms with van der Waals surface area (Å²) in [7, 11) is 0. The van der Waals surface area contributed by atoms with Crippen LogP contribution in [-0.4, -0.2) is 11.5 Å². The van der Waals surface area contributed by atoms with Crippen LogP contribution in [0.5, 0.6) is 0 Å². The van der Waals surface area contributed by atoms with Gasteiger partial charge in [0.1, 0.15) is 5.82 Å². The highest BCUT2D eigenvalue weighted by molar-refractivity contribution is 5.46. The van der Waals surface area contributed by atoms with E-state index < -0.39 is 0 Å². The summed E-state index contributed by atoms with van der Waals surface area (Å²) in [6.07, 6.45) is 2.41. The molecule has 72 valence electrons. The highest BCUT2D eigenvalue weighted by Crippen LogP contribution is 2.18. The third kappa shape index (κ3) is 2.44. The maximum absolute atomic E-state index is 4.40. The van der Waals surface area contributed by atoms with Crippen molar-refractivity contribution >= 4 is 5.82 Å². The third-order valence-electron chi connectivity index (χ3n) is 2.03. The summed E-state index contributed by atoms with van der Waals surface area (Å²) in [5.41, 5.74) is 2.46. The van der Waals surface area contributed by atoms with Crippen LogP contribution in [-0.2, 0) is 6.42 Å². The average molecular weight is 178 g/mol. The van der Waals surface area contributed by atoms with Crippen LogP contribution < -0.4 is 5.32 Å². The SMILES string of the molecule is CC.Cc1ccc2c(n1)NCCC2. The normalized spacial score (nSPS) is 13.5.